The maximum Gasteiger partial charge on any atom is 0.158 e. The van der Waals surface area contributed by atoms with Gasteiger partial charge in [-0.05, 0) is 47.2 Å². The average molecular weight is 339 g/mol. The summed E-state index contributed by atoms with van der Waals surface area (Å²) in [7, 11) is 1.67. The zero-order valence-electron chi connectivity index (χ0n) is 14.3. The largest absolute Gasteiger partial charge is 0.497 e. The number of rotatable bonds is 3. The number of methoxy groups -OCH3 is 1. The Bertz CT molecular complexity index is 1240. The van der Waals surface area contributed by atoms with Crippen molar-refractivity contribution in [3.8, 4) is 5.75 Å². The SMILES string of the molecule is COc1ccc(Nc2cccc3c2oc2ccc4ccccc4c23)cc1. The van der Waals surface area contributed by atoms with Gasteiger partial charge in [0.15, 0.2) is 5.58 Å². The molecule has 0 saturated heterocycles. The highest BCUT2D eigenvalue weighted by molar-refractivity contribution is 6.20. The molecule has 0 unspecified atom stereocenters. The van der Waals surface area contributed by atoms with Crippen molar-refractivity contribution < 1.29 is 9.15 Å². The third-order valence-electron chi connectivity index (χ3n) is 4.76. The number of para-hydroxylation sites is 1. The van der Waals surface area contributed by atoms with E-state index in [1.807, 2.05) is 30.3 Å². The molecule has 26 heavy (non-hydrogen) atoms. The van der Waals surface area contributed by atoms with E-state index >= 15 is 0 Å². The summed E-state index contributed by atoms with van der Waals surface area (Å²) in [4.78, 5) is 0. The molecule has 5 aromatic rings. The average Bonchev–Trinajstić information content (AvgIpc) is 3.09. The van der Waals surface area contributed by atoms with Gasteiger partial charge in [0.05, 0.1) is 12.8 Å². The molecule has 4 aromatic carbocycles. The van der Waals surface area contributed by atoms with Gasteiger partial charge in [-0.25, -0.2) is 0 Å². The topological polar surface area (TPSA) is 34.4 Å². The number of benzene rings is 4. The first-order valence-corrected chi connectivity index (χ1v) is 8.57. The molecule has 0 spiro atoms. The first kappa shape index (κ1) is 14.8. The number of ether oxygens (including phenoxy) is 1. The van der Waals surface area contributed by atoms with Crippen LogP contribution in [-0.2, 0) is 0 Å². The van der Waals surface area contributed by atoms with E-state index in [9.17, 15) is 0 Å². The van der Waals surface area contributed by atoms with Crippen molar-refractivity contribution in [2.45, 2.75) is 0 Å². The lowest BCUT2D eigenvalue weighted by Crippen LogP contribution is -1.90. The summed E-state index contributed by atoms with van der Waals surface area (Å²) in [6, 6.07) is 26.7. The predicted molar refractivity (Wildman–Crippen MR) is 108 cm³/mol. The van der Waals surface area contributed by atoms with Gasteiger partial charge >= 0.3 is 0 Å². The van der Waals surface area contributed by atoms with Gasteiger partial charge in [-0.1, -0.05) is 42.5 Å². The summed E-state index contributed by atoms with van der Waals surface area (Å²) in [5.41, 5.74) is 3.72. The van der Waals surface area contributed by atoms with Gasteiger partial charge in [0.25, 0.3) is 0 Å². The molecule has 1 heterocycles. The van der Waals surface area contributed by atoms with E-state index in [2.05, 4.69) is 53.8 Å². The van der Waals surface area contributed by atoms with Crippen LogP contribution in [0.5, 0.6) is 5.75 Å². The Balaban J connectivity index is 1.70. The van der Waals surface area contributed by atoms with Crippen molar-refractivity contribution in [1.82, 2.24) is 0 Å². The minimum atomic E-state index is 0.837. The summed E-state index contributed by atoms with van der Waals surface area (Å²) >= 11 is 0. The summed E-state index contributed by atoms with van der Waals surface area (Å²) in [6.45, 7) is 0. The second-order valence-corrected chi connectivity index (χ2v) is 6.30. The molecule has 3 heteroatoms. The molecule has 0 radical (unpaired) electrons. The lowest BCUT2D eigenvalue weighted by molar-refractivity contribution is 0.415. The van der Waals surface area contributed by atoms with Crippen molar-refractivity contribution in [2.24, 2.45) is 0 Å². The Morgan fingerprint density at radius 3 is 2.42 bits per heavy atom. The first-order valence-electron chi connectivity index (χ1n) is 8.57. The van der Waals surface area contributed by atoms with Crippen LogP contribution < -0.4 is 10.1 Å². The van der Waals surface area contributed by atoms with Crippen LogP contribution in [-0.4, -0.2) is 7.11 Å². The highest BCUT2D eigenvalue weighted by atomic mass is 16.5. The quantitative estimate of drug-likeness (QED) is 0.408. The van der Waals surface area contributed by atoms with Crippen LogP contribution in [0.15, 0.2) is 83.3 Å². The second-order valence-electron chi connectivity index (χ2n) is 6.30. The lowest BCUT2D eigenvalue weighted by atomic mass is 10.0. The van der Waals surface area contributed by atoms with Crippen molar-refractivity contribution in [3.05, 3.63) is 78.9 Å². The molecular weight excluding hydrogens is 322 g/mol. The van der Waals surface area contributed by atoms with Gasteiger partial charge in [0.2, 0.25) is 0 Å². The molecule has 0 amide bonds. The maximum absolute atomic E-state index is 6.22. The molecule has 3 nitrogen and oxygen atoms in total. The Hall–Kier alpha value is -3.46. The molecule has 0 aliphatic carbocycles. The van der Waals surface area contributed by atoms with Crippen LogP contribution in [0, 0.1) is 0 Å². The lowest BCUT2D eigenvalue weighted by Gasteiger charge is -2.07. The molecule has 1 aromatic heterocycles. The van der Waals surface area contributed by atoms with Crippen LogP contribution in [0.3, 0.4) is 0 Å². The van der Waals surface area contributed by atoms with Crippen LogP contribution >= 0.6 is 0 Å². The van der Waals surface area contributed by atoms with E-state index in [1.165, 1.54) is 10.8 Å². The summed E-state index contributed by atoms with van der Waals surface area (Å²) < 4.78 is 11.4. The van der Waals surface area contributed by atoms with Gasteiger partial charge in [-0.15, -0.1) is 0 Å². The fourth-order valence-electron chi connectivity index (χ4n) is 3.50. The molecular formula is C23H17NO2. The number of furan rings is 1. The van der Waals surface area contributed by atoms with E-state index in [4.69, 9.17) is 9.15 Å². The Morgan fingerprint density at radius 2 is 1.58 bits per heavy atom. The highest BCUT2D eigenvalue weighted by Crippen LogP contribution is 2.38. The zero-order valence-corrected chi connectivity index (χ0v) is 14.3. The van der Waals surface area contributed by atoms with Crippen LogP contribution in [0.1, 0.15) is 0 Å². The number of hydrogen-bond donors (Lipinski definition) is 1. The predicted octanol–water partition coefficient (Wildman–Crippen LogP) is 6.49. The number of fused-ring (bicyclic) bond motifs is 5. The van der Waals surface area contributed by atoms with Crippen molar-refractivity contribution in [1.29, 1.82) is 0 Å². The first-order chi connectivity index (χ1) is 12.8. The van der Waals surface area contributed by atoms with Crippen molar-refractivity contribution in [2.75, 3.05) is 12.4 Å². The Morgan fingerprint density at radius 1 is 0.769 bits per heavy atom. The van der Waals surface area contributed by atoms with Gasteiger partial charge in [0.1, 0.15) is 11.3 Å². The molecule has 0 saturated carbocycles. The highest BCUT2D eigenvalue weighted by Gasteiger charge is 2.13. The molecule has 126 valence electrons. The molecule has 1 N–H and O–H groups in total. The second kappa shape index (κ2) is 5.81. The molecule has 0 fully saturated rings. The minimum Gasteiger partial charge on any atom is -0.497 e. The fourth-order valence-corrected chi connectivity index (χ4v) is 3.50. The monoisotopic (exact) mass is 339 g/mol. The summed E-state index contributed by atoms with van der Waals surface area (Å²) in [5.74, 6) is 0.837. The van der Waals surface area contributed by atoms with Gasteiger partial charge in [0, 0.05) is 16.5 Å². The fraction of sp³-hybridized carbons (Fsp3) is 0.0435. The summed E-state index contributed by atoms with van der Waals surface area (Å²) in [5, 5.41) is 8.17. The van der Waals surface area contributed by atoms with E-state index in [1.54, 1.807) is 7.11 Å². The Kier molecular flexibility index (Phi) is 3.32. The van der Waals surface area contributed by atoms with Crippen LogP contribution in [0.4, 0.5) is 11.4 Å². The Labute approximate surface area is 150 Å². The molecule has 0 atom stereocenters. The molecule has 5 rings (SSSR count). The maximum atomic E-state index is 6.22. The third-order valence-corrected chi connectivity index (χ3v) is 4.76. The van der Waals surface area contributed by atoms with E-state index < -0.39 is 0 Å². The van der Waals surface area contributed by atoms with Gasteiger partial charge in [-0.2, -0.15) is 0 Å². The minimum absolute atomic E-state index is 0.837. The van der Waals surface area contributed by atoms with E-state index in [0.29, 0.717) is 0 Å². The standard InChI is InChI=1S/C23H17NO2/c1-25-17-12-10-16(11-13-17)24-20-8-4-7-19-22-18-6-3-2-5-15(18)9-14-21(22)26-23(19)20/h2-14,24H,1H3. The van der Waals surface area contributed by atoms with Gasteiger partial charge in [-0.3, -0.25) is 0 Å². The smallest absolute Gasteiger partial charge is 0.158 e. The number of hydrogen-bond acceptors (Lipinski definition) is 3. The number of anilines is 2. The third kappa shape index (κ3) is 2.29. The van der Waals surface area contributed by atoms with E-state index in [-0.39, 0.29) is 0 Å². The van der Waals surface area contributed by atoms with Crippen molar-refractivity contribution in [3.63, 3.8) is 0 Å². The molecule has 0 aliphatic heterocycles. The normalized spacial score (nSPS) is 11.3. The molecule has 0 bridgehead atoms. The van der Waals surface area contributed by atoms with Crippen LogP contribution in [0.25, 0.3) is 32.7 Å². The van der Waals surface area contributed by atoms with E-state index in [0.717, 1.165) is 39.1 Å². The van der Waals surface area contributed by atoms with Crippen LogP contribution in [0.2, 0.25) is 0 Å². The van der Waals surface area contributed by atoms with Gasteiger partial charge < -0.3 is 14.5 Å². The summed E-state index contributed by atoms with van der Waals surface area (Å²) in [6.07, 6.45) is 0. The zero-order chi connectivity index (χ0) is 17.5. The number of nitrogens with one attached hydrogen (secondary N) is 1. The van der Waals surface area contributed by atoms with Crippen molar-refractivity contribution >= 4 is 44.1 Å². The molecule has 0 aliphatic rings.